The van der Waals surface area contributed by atoms with Crippen LogP contribution in [0, 0.1) is 13.8 Å². The molecule has 2 N–H and O–H groups in total. The number of esters is 1. The molecule has 110 valence electrons. The van der Waals surface area contributed by atoms with Crippen molar-refractivity contribution in [1.82, 2.24) is 14.8 Å². The molecule has 0 unspecified atom stereocenters. The minimum absolute atomic E-state index is 0.276. The molecule has 0 bridgehead atoms. The van der Waals surface area contributed by atoms with Gasteiger partial charge in [-0.05, 0) is 32.4 Å². The largest absolute Gasteiger partial charge is 0.462 e. The lowest BCUT2D eigenvalue weighted by atomic mass is 10.1. The van der Waals surface area contributed by atoms with E-state index in [4.69, 9.17) is 10.5 Å². The Hall–Kier alpha value is -2.70. The van der Waals surface area contributed by atoms with Crippen LogP contribution >= 0.6 is 0 Å². The van der Waals surface area contributed by atoms with Crippen LogP contribution in [0.5, 0.6) is 0 Å². The molecule has 2 heterocycles. The van der Waals surface area contributed by atoms with Crippen molar-refractivity contribution in [3.05, 3.63) is 40.8 Å². The van der Waals surface area contributed by atoms with E-state index < -0.39 is 11.9 Å². The molecule has 0 atom stereocenters. The molecule has 2 aromatic rings. The number of carbonyl (C=O) groups is 2. The van der Waals surface area contributed by atoms with Crippen LogP contribution in [0.4, 0.5) is 0 Å². The Kier molecular flexibility index (Phi) is 4.02. The second kappa shape index (κ2) is 5.74. The molecule has 0 aliphatic rings. The lowest BCUT2D eigenvalue weighted by molar-refractivity contribution is 0.0526. The summed E-state index contributed by atoms with van der Waals surface area (Å²) < 4.78 is 6.25. The van der Waals surface area contributed by atoms with E-state index in [-0.39, 0.29) is 17.7 Å². The molecule has 0 radical (unpaired) electrons. The summed E-state index contributed by atoms with van der Waals surface area (Å²) in [6.07, 6.45) is 2.83. The van der Waals surface area contributed by atoms with Gasteiger partial charge in [0.25, 0.3) is 5.91 Å². The third-order valence-corrected chi connectivity index (χ3v) is 2.88. The standard InChI is InChI=1S/C14H16N4O3/c1-4-21-14(20)10-6-16-18(7-10)13-11(12(15)19)8(2)5-9(3)17-13/h5-7H,4H2,1-3H3,(H2,15,19). The van der Waals surface area contributed by atoms with Crippen LogP contribution in [-0.4, -0.2) is 33.2 Å². The third kappa shape index (κ3) is 2.91. The zero-order valence-corrected chi connectivity index (χ0v) is 12.1. The fourth-order valence-corrected chi connectivity index (χ4v) is 2.05. The molecule has 7 heteroatoms. The number of rotatable bonds is 4. The first-order valence-electron chi connectivity index (χ1n) is 6.44. The second-order valence-electron chi connectivity index (χ2n) is 4.54. The first-order chi connectivity index (χ1) is 9.93. The van der Waals surface area contributed by atoms with Crippen LogP contribution < -0.4 is 5.73 Å². The van der Waals surface area contributed by atoms with Crippen molar-refractivity contribution < 1.29 is 14.3 Å². The smallest absolute Gasteiger partial charge is 0.341 e. The summed E-state index contributed by atoms with van der Waals surface area (Å²) in [5.41, 5.74) is 7.40. The van der Waals surface area contributed by atoms with Crippen LogP contribution in [0.2, 0.25) is 0 Å². The van der Waals surface area contributed by atoms with Crippen LogP contribution in [0.1, 0.15) is 38.9 Å². The minimum Gasteiger partial charge on any atom is -0.462 e. The van der Waals surface area contributed by atoms with Crippen molar-refractivity contribution >= 4 is 11.9 Å². The highest BCUT2D eigenvalue weighted by atomic mass is 16.5. The van der Waals surface area contributed by atoms with Gasteiger partial charge in [-0.3, -0.25) is 4.79 Å². The number of hydrogen-bond acceptors (Lipinski definition) is 5. The van der Waals surface area contributed by atoms with Crippen molar-refractivity contribution in [2.24, 2.45) is 5.73 Å². The van der Waals surface area contributed by atoms with Crippen LogP contribution in [0.3, 0.4) is 0 Å². The summed E-state index contributed by atoms with van der Waals surface area (Å²) in [6, 6.07) is 1.76. The predicted molar refractivity (Wildman–Crippen MR) is 75.3 cm³/mol. The normalized spacial score (nSPS) is 10.4. The Morgan fingerprint density at radius 3 is 2.71 bits per heavy atom. The number of hydrogen-bond donors (Lipinski definition) is 1. The topological polar surface area (TPSA) is 100 Å². The van der Waals surface area contributed by atoms with E-state index in [0.29, 0.717) is 11.4 Å². The number of aryl methyl sites for hydroxylation is 2. The Labute approximate surface area is 121 Å². The van der Waals surface area contributed by atoms with Crippen LogP contribution in [-0.2, 0) is 4.74 Å². The van der Waals surface area contributed by atoms with Crippen molar-refractivity contribution in [1.29, 1.82) is 0 Å². The Morgan fingerprint density at radius 1 is 1.38 bits per heavy atom. The number of ether oxygens (including phenoxy) is 1. The third-order valence-electron chi connectivity index (χ3n) is 2.88. The summed E-state index contributed by atoms with van der Waals surface area (Å²) in [7, 11) is 0. The number of amides is 1. The Morgan fingerprint density at radius 2 is 2.10 bits per heavy atom. The molecule has 0 spiro atoms. The number of nitrogens with two attached hydrogens (primary N) is 1. The van der Waals surface area contributed by atoms with Gasteiger partial charge < -0.3 is 10.5 Å². The van der Waals surface area contributed by atoms with Gasteiger partial charge in [0.2, 0.25) is 0 Å². The molecule has 0 fully saturated rings. The maximum absolute atomic E-state index is 11.7. The fourth-order valence-electron chi connectivity index (χ4n) is 2.05. The van der Waals surface area contributed by atoms with Gasteiger partial charge in [0.15, 0.2) is 5.82 Å². The molecule has 21 heavy (non-hydrogen) atoms. The number of aromatic nitrogens is 3. The van der Waals surface area contributed by atoms with Gasteiger partial charge in [-0.2, -0.15) is 5.10 Å². The van der Waals surface area contributed by atoms with E-state index >= 15 is 0 Å². The van der Waals surface area contributed by atoms with Gasteiger partial charge in [0, 0.05) is 11.9 Å². The van der Waals surface area contributed by atoms with Gasteiger partial charge in [-0.15, -0.1) is 0 Å². The maximum Gasteiger partial charge on any atom is 0.341 e. The first kappa shape index (κ1) is 14.7. The lowest BCUT2D eigenvalue weighted by Crippen LogP contribution is -2.18. The van der Waals surface area contributed by atoms with E-state index in [1.54, 1.807) is 26.8 Å². The monoisotopic (exact) mass is 288 g/mol. The SMILES string of the molecule is CCOC(=O)c1cnn(-c2nc(C)cc(C)c2C(N)=O)c1. The van der Waals surface area contributed by atoms with Crippen molar-refractivity contribution in [2.75, 3.05) is 6.61 Å². The summed E-state index contributed by atoms with van der Waals surface area (Å²) in [5, 5.41) is 4.06. The molecule has 0 aliphatic carbocycles. The summed E-state index contributed by atoms with van der Waals surface area (Å²) in [4.78, 5) is 27.6. The van der Waals surface area contributed by atoms with Crippen LogP contribution in [0.15, 0.2) is 18.5 Å². The molecular formula is C14H16N4O3. The molecule has 0 aromatic carbocycles. The first-order valence-corrected chi connectivity index (χ1v) is 6.44. The van der Waals surface area contributed by atoms with E-state index in [0.717, 1.165) is 5.69 Å². The molecule has 1 amide bonds. The maximum atomic E-state index is 11.7. The van der Waals surface area contributed by atoms with Crippen molar-refractivity contribution in [2.45, 2.75) is 20.8 Å². The van der Waals surface area contributed by atoms with E-state index in [2.05, 4.69) is 10.1 Å². The Bertz CT molecular complexity index is 706. The van der Waals surface area contributed by atoms with Gasteiger partial charge in [-0.25, -0.2) is 14.5 Å². The molecule has 7 nitrogen and oxygen atoms in total. The quantitative estimate of drug-likeness (QED) is 0.851. The highest BCUT2D eigenvalue weighted by Gasteiger charge is 2.18. The Balaban J connectivity index is 2.52. The average Bonchev–Trinajstić information content (AvgIpc) is 2.86. The van der Waals surface area contributed by atoms with Crippen LogP contribution in [0.25, 0.3) is 5.82 Å². The highest BCUT2D eigenvalue weighted by Crippen LogP contribution is 2.17. The summed E-state index contributed by atoms with van der Waals surface area (Å²) in [5.74, 6) is -0.771. The van der Waals surface area contributed by atoms with Gasteiger partial charge >= 0.3 is 5.97 Å². The summed E-state index contributed by atoms with van der Waals surface area (Å²) >= 11 is 0. The van der Waals surface area contributed by atoms with Gasteiger partial charge in [-0.1, -0.05) is 0 Å². The molecular weight excluding hydrogens is 272 g/mol. The fraction of sp³-hybridized carbons (Fsp3) is 0.286. The number of primary amides is 1. The lowest BCUT2D eigenvalue weighted by Gasteiger charge is -2.10. The number of nitrogens with zero attached hydrogens (tertiary/aromatic N) is 3. The summed E-state index contributed by atoms with van der Waals surface area (Å²) in [6.45, 7) is 5.57. The van der Waals surface area contributed by atoms with Gasteiger partial charge in [0.1, 0.15) is 0 Å². The zero-order chi connectivity index (χ0) is 15.6. The molecule has 2 aromatic heterocycles. The van der Waals surface area contributed by atoms with E-state index in [1.165, 1.54) is 17.1 Å². The second-order valence-corrected chi connectivity index (χ2v) is 4.54. The minimum atomic E-state index is -0.594. The van der Waals surface area contributed by atoms with E-state index in [9.17, 15) is 9.59 Å². The predicted octanol–water partition coefficient (Wildman–Crippen LogP) is 1.16. The molecule has 0 saturated heterocycles. The van der Waals surface area contributed by atoms with Crippen molar-refractivity contribution in [3.63, 3.8) is 0 Å². The molecule has 0 saturated carbocycles. The highest BCUT2D eigenvalue weighted by molar-refractivity contribution is 5.97. The number of carbonyl (C=O) groups excluding carboxylic acids is 2. The van der Waals surface area contributed by atoms with E-state index in [1.807, 2.05) is 0 Å². The number of pyridine rings is 1. The van der Waals surface area contributed by atoms with Gasteiger partial charge in [0.05, 0.1) is 23.9 Å². The zero-order valence-electron chi connectivity index (χ0n) is 12.1. The molecule has 0 aliphatic heterocycles. The molecule has 2 rings (SSSR count). The van der Waals surface area contributed by atoms with Crippen molar-refractivity contribution in [3.8, 4) is 5.82 Å². The average molecular weight is 288 g/mol.